The molecule has 0 bridgehead atoms. The number of H-pyrrole nitrogens is 1. The lowest BCUT2D eigenvalue weighted by Crippen LogP contribution is -1.97. The number of imidazole rings is 1. The van der Waals surface area contributed by atoms with Gasteiger partial charge in [0.2, 0.25) is 0 Å². The predicted molar refractivity (Wildman–Crippen MR) is 67.1 cm³/mol. The van der Waals surface area contributed by atoms with Crippen molar-refractivity contribution in [2.45, 2.75) is 6.54 Å². The number of fused-ring (bicyclic) bond motifs is 1. The van der Waals surface area contributed by atoms with E-state index in [1.54, 1.807) is 12.3 Å². The van der Waals surface area contributed by atoms with Gasteiger partial charge >= 0.3 is 0 Å². The molecule has 4 nitrogen and oxygen atoms in total. The standard InChI is InChI=1S/C13H10F2N4/c14-8-3-11-12(4-9(8)15)19-13(18-11)10-2-1-7(5-16)6-17-10/h1-4,6H,5,16H2,(H,18,19). The maximum absolute atomic E-state index is 13.1. The summed E-state index contributed by atoms with van der Waals surface area (Å²) in [6.45, 7) is 0.407. The summed E-state index contributed by atoms with van der Waals surface area (Å²) in [7, 11) is 0. The Labute approximate surface area is 107 Å². The normalized spacial score (nSPS) is 11.1. The Balaban J connectivity index is 2.09. The minimum absolute atomic E-state index is 0.360. The summed E-state index contributed by atoms with van der Waals surface area (Å²) in [5.74, 6) is -1.37. The fourth-order valence-corrected chi connectivity index (χ4v) is 1.81. The van der Waals surface area contributed by atoms with Crippen molar-refractivity contribution in [3.63, 3.8) is 0 Å². The van der Waals surface area contributed by atoms with Crippen molar-refractivity contribution in [1.29, 1.82) is 0 Å². The first-order chi connectivity index (χ1) is 9.17. The van der Waals surface area contributed by atoms with Crippen LogP contribution in [0.1, 0.15) is 5.56 Å². The lowest BCUT2D eigenvalue weighted by atomic mass is 10.2. The van der Waals surface area contributed by atoms with Crippen molar-refractivity contribution in [2.24, 2.45) is 5.73 Å². The molecule has 2 heterocycles. The molecule has 6 heteroatoms. The number of nitrogens with two attached hydrogens (primary N) is 1. The molecule has 0 fully saturated rings. The molecule has 0 amide bonds. The van der Waals surface area contributed by atoms with Crippen molar-refractivity contribution in [3.8, 4) is 11.5 Å². The number of nitrogens with zero attached hydrogens (tertiary/aromatic N) is 2. The fraction of sp³-hybridized carbons (Fsp3) is 0.0769. The maximum Gasteiger partial charge on any atom is 0.161 e. The summed E-state index contributed by atoms with van der Waals surface area (Å²) < 4.78 is 26.2. The molecule has 0 radical (unpaired) electrons. The summed E-state index contributed by atoms with van der Waals surface area (Å²) in [5, 5.41) is 0. The van der Waals surface area contributed by atoms with E-state index in [2.05, 4.69) is 15.0 Å². The van der Waals surface area contributed by atoms with Gasteiger partial charge < -0.3 is 10.7 Å². The van der Waals surface area contributed by atoms with E-state index in [1.807, 2.05) is 6.07 Å². The van der Waals surface area contributed by atoms with Gasteiger partial charge in [-0.3, -0.25) is 4.98 Å². The Morgan fingerprint density at radius 3 is 2.63 bits per heavy atom. The summed E-state index contributed by atoms with van der Waals surface area (Å²) in [5.41, 5.74) is 7.77. The van der Waals surface area contributed by atoms with E-state index in [0.29, 0.717) is 29.1 Å². The van der Waals surface area contributed by atoms with Gasteiger partial charge in [-0.2, -0.15) is 0 Å². The first kappa shape index (κ1) is 11.7. The molecule has 0 aliphatic carbocycles. The molecular formula is C13H10F2N4. The number of rotatable bonds is 2. The Morgan fingerprint density at radius 2 is 1.95 bits per heavy atom. The van der Waals surface area contributed by atoms with Gasteiger partial charge in [0, 0.05) is 24.9 Å². The van der Waals surface area contributed by atoms with Crippen molar-refractivity contribution in [1.82, 2.24) is 15.0 Å². The second-order valence-corrected chi connectivity index (χ2v) is 4.12. The predicted octanol–water partition coefficient (Wildman–Crippen LogP) is 2.36. The second kappa shape index (κ2) is 4.40. The van der Waals surface area contributed by atoms with E-state index in [1.165, 1.54) is 0 Å². The van der Waals surface area contributed by atoms with Crippen LogP contribution in [0.5, 0.6) is 0 Å². The molecule has 0 unspecified atom stereocenters. The highest BCUT2D eigenvalue weighted by Gasteiger charge is 2.10. The average Bonchev–Trinajstić information content (AvgIpc) is 2.82. The highest BCUT2D eigenvalue weighted by molar-refractivity contribution is 5.78. The van der Waals surface area contributed by atoms with E-state index < -0.39 is 11.6 Å². The van der Waals surface area contributed by atoms with E-state index in [4.69, 9.17) is 5.73 Å². The molecule has 0 saturated heterocycles. The SMILES string of the molecule is NCc1ccc(-c2nc3cc(F)c(F)cc3[nH]2)nc1. The lowest BCUT2D eigenvalue weighted by molar-refractivity contribution is 0.510. The third kappa shape index (κ3) is 2.06. The second-order valence-electron chi connectivity index (χ2n) is 4.12. The molecule has 0 atom stereocenters. The minimum atomic E-state index is -0.919. The molecule has 3 aromatic rings. The van der Waals surface area contributed by atoms with Gasteiger partial charge in [-0.25, -0.2) is 13.8 Å². The van der Waals surface area contributed by atoms with Crippen molar-refractivity contribution in [2.75, 3.05) is 0 Å². The van der Waals surface area contributed by atoms with E-state index in [9.17, 15) is 8.78 Å². The number of aromatic nitrogens is 3. The van der Waals surface area contributed by atoms with Gasteiger partial charge in [0.25, 0.3) is 0 Å². The highest BCUT2D eigenvalue weighted by atomic mass is 19.2. The first-order valence-electron chi connectivity index (χ1n) is 5.67. The molecule has 1 aromatic carbocycles. The van der Waals surface area contributed by atoms with Crippen molar-refractivity contribution >= 4 is 11.0 Å². The molecule has 3 N–H and O–H groups in total. The summed E-state index contributed by atoms with van der Waals surface area (Å²) in [6, 6.07) is 5.72. The first-order valence-corrected chi connectivity index (χ1v) is 5.67. The summed E-state index contributed by atoms with van der Waals surface area (Å²) >= 11 is 0. The van der Waals surface area contributed by atoms with Crippen LogP contribution in [0.3, 0.4) is 0 Å². The van der Waals surface area contributed by atoms with E-state index in [0.717, 1.165) is 17.7 Å². The molecule has 2 aromatic heterocycles. The lowest BCUT2D eigenvalue weighted by Gasteiger charge is -1.97. The van der Waals surface area contributed by atoms with Gasteiger partial charge in [0.1, 0.15) is 5.69 Å². The Kier molecular flexibility index (Phi) is 2.72. The number of benzene rings is 1. The topological polar surface area (TPSA) is 67.6 Å². The molecule has 0 saturated carbocycles. The van der Waals surface area contributed by atoms with E-state index >= 15 is 0 Å². The van der Waals surface area contributed by atoms with Crippen LogP contribution in [0.15, 0.2) is 30.5 Å². The molecule has 96 valence electrons. The van der Waals surface area contributed by atoms with Gasteiger partial charge in [-0.1, -0.05) is 6.07 Å². The molecule has 3 rings (SSSR count). The fourth-order valence-electron chi connectivity index (χ4n) is 1.81. The Morgan fingerprint density at radius 1 is 1.16 bits per heavy atom. The quantitative estimate of drug-likeness (QED) is 0.743. The van der Waals surface area contributed by atoms with Crippen LogP contribution in [0.2, 0.25) is 0 Å². The minimum Gasteiger partial charge on any atom is -0.337 e. The number of aromatic amines is 1. The van der Waals surface area contributed by atoms with Crippen LogP contribution in [0, 0.1) is 11.6 Å². The van der Waals surface area contributed by atoms with Crippen LogP contribution >= 0.6 is 0 Å². The van der Waals surface area contributed by atoms with Gasteiger partial charge in [0.05, 0.1) is 11.0 Å². The third-order valence-electron chi connectivity index (χ3n) is 2.83. The molecule has 19 heavy (non-hydrogen) atoms. The zero-order chi connectivity index (χ0) is 13.4. The van der Waals surface area contributed by atoms with Gasteiger partial charge in [-0.15, -0.1) is 0 Å². The number of pyridine rings is 1. The monoisotopic (exact) mass is 260 g/mol. The summed E-state index contributed by atoms with van der Waals surface area (Å²) in [4.78, 5) is 11.3. The zero-order valence-corrected chi connectivity index (χ0v) is 9.82. The molecule has 0 spiro atoms. The zero-order valence-electron chi connectivity index (χ0n) is 9.82. The largest absolute Gasteiger partial charge is 0.337 e. The van der Waals surface area contributed by atoms with Gasteiger partial charge in [-0.05, 0) is 11.6 Å². The molecule has 0 aliphatic heterocycles. The van der Waals surface area contributed by atoms with Gasteiger partial charge in [0.15, 0.2) is 17.5 Å². The maximum atomic E-state index is 13.1. The number of hydrogen-bond donors (Lipinski definition) is 2. The van der Waals surface area contributed by atoms with Crippen LogP contribution in [0.25, 0.3) is 22.6 Å². The number of hydrogen-bond acceptors (Lipinski definition) is 3. The van der Waals surface area contributed by atoms with Crippen molar-refractivity contribution in [3.05, 3.63) is 47.7 Å². The summed E-state index contributed by atoms with van der Waals surface area (Å²) in [6.07, 6.45) is 1.64. The van der Waals surface area contributed by atoms with Crippen LogP contribution in [-0.4, -0.2) is 15.0 Å². The smallest absolute Gasteiger partial charge is 0.161 e. The number of nitrogens with one attached hydrogen (secondary N) is 1. The Hall–Kier alpha value is -2.34. The van der Waals surface area contributed by atoms with Crippen LogP contribution in [0.4, 0.5) is 8.78 Å². The Bertz CT molecular complexity index is 695. The number of halogens is 2. The molecule has 0 aliphatic rings. The van der Waals surface area contributed by atoms with Crippen LogP contribution < -0.4 is 5.73 Å². The van der Waals surface area contributed by atoms with E-state index in [-0.39, 0.29) is 0 Å². The average molecular weight is 260 g/mol. The van der Waals surface area contributed by atoms with Crippen LogP contribution in [-0.2, 0) is 6.54 Å². The highest BCUT2D eigenvalue weighted by Crippen LogP contribution is 2.21. The van der Waals surface area contributed by atoms with Crippen molar-refractivity contribution < 1.29 is 8.78 Å². The molecular weight excluding hydrogens is 250 g/mol. The third-order valence-corrected chi connectivity index (χ3v) is 2.83.